The van der Waals surface area contributed by atoms with Gasteiger partial charge in [0.05, 0.1) is 18.0 Å². The third-order valence-electron chi connectivity index (χ3n) is 5.46. The minimum absolute atomic E-state index is 0.00649. The van der Waals surface area contributed by atoms with Crippen molar-refractivity contribution in [1.29, 1.82) is 0 Å². The maximum absolute atomic E-state index is 13.4. The summed E-state index contributed by atoms with van der Waals surface area (Å²) in [6, 6.07) is 5.24. The van der Waals surface area contributed by atoms with E-state index in [9.17, 15) is 19.1 Å². The van der Waals surface area contributed by atoms with Crippen molar-refractivity contribution in [2.24, 2.45) is 5.41 Å². The fourth-order valence-electron chi connectivity index (χ4n) is 4.05. The van der Waals surface area contributed by atoms with Crippen LogP contribution in [-0.2, 0) is 0 Å². The highest BCUT2D eigenvalue weighted by Gasteiger charge is 2.49. The van der Waals surface area contributed by atoms with Gasteiger partial charge in [0.15, 0.2) is 11.6 Å². The minimum Gasteiger partial charge on any atom is -0.505 e. The van der Waals surface area contributed by atoms with E-state index < -0.39 is 11.6 Å². The number of aromatic nitrogens is 2. The van der Waals surface area contributed by atoms with Gasteiger partial charge in [0, 0.05) is 24.7 Å². The zero-order valence-electron chi connectivity index (χ0n) is 14.6. The van der Waals surface area contributed by atoms with Gasteiger partial charge in [-0.2, -0.15) is 10.2 Å². The first kappa shape index (κ1) is 17.4. The number of nitrogens with zero attached hydrogens (tertiary/aromatic N) is 3. The molecule has 8 heteroatoms. The number of phenols is 1. The Morgan fingerprint density at radius 3 is 2.74 bits per heavy atom. The number of amides is 2. The van der Waals surface area contributed by atoms with E-state index in [1.165, 1.54) is 24.5 Å². The van der Waals surface area contributed by atoms with E-state index in [1.807, 2.05) is 4.90 Å². The SMILES string of the molecule is O=C(NC1CC2(CCN(C(=O)c3ccnnc3)C2)C1)c1ccc(O)c(F)c1. The summed E-state index contributed by atoms with van der Waals surface area (Å²) in [5, 5.41) is 19.5. The molecule has 1 aromatic carbocycles. The summed E-state index contributed by atoms with van der Waals surface area (Å²) < 4.78 is 13.4. The minimum atomic E-state index is -0.816. The molecule has 1 aliphatic carbocycles. The van der Waals surface area contributed by atoms with E-state index in [1.54, 1.807) is 6.07 Å². The van der Waals surface area contributed by atoms with Gasteiger partial charge in [0.1, 0.15) is 0 Å². The van der Waals surface area contributed by atoms with E-state index in [2.05, 4.69) is 15.5 Å². The first-order valence-corrected chi connectivity index (χ1v) is 8.81. The van der Waals surface area contributed by atoms with Crippen LogP contribution in [0.5, 0.6) is 5.75 Å². The van der Waals surface area contributed by atoms with Crippen molar-refractivity contribution in [3.63, 3.8) is 0 Å². The fraction of sp³-hybridized carbons (Fsp3) is 0.368. The average Bonchev–Trinajstić information content (AvgIpc) is 3.09. The summed E-state index contributed by atoms with van der Waals surface area (Å²) >= 11 is 0. The Hall–Kier alpha value is -3.03. The van der Waals surface area contributed by atoms with Crippen LogP contribution in [0.25, 0.3) is 0 Å². The van der Waals surface area contributed by atoms with Crippen LogP contribution in [0.4, 0.5) is 4.39 Å². The van der Waals surface area contributed by atoms with Gasteiger partial charge in [-0.3, -0.25) is 9.59 Å². The number of likely N-dealkylation sites (tertiary alicyclic amines) is 1. The Morgan fingerprint density at radius 1 is 1.22 bits per heavy atom. The van der Waals surface area contributed by atoms with Crippen molar-refractivity contribution in [3.8, 4) is 5.75 Å². The van der Waals surface area contributed by atoms with E-state index in [0.29, 0.717) is 18.7 Å². The summed E-state index contributed by atoms with van der Waals surface area (Å²) in [5.41, 5.74) is 0.745. The van der Waals surface area contributed by atoms with Crippen molar-refractivity contribution in [3.05, 3.63) is 53.6 Å². The van der Waals surface area contributed by atoms with Gasteiger partial charge in [0.25, 0.3) is 11.8 Å². The Balaban J connectivity index is 1.32. The summed E-state index contributed by atoms with van der Waals surface area (Å²) in [5.74, 6) is -1.70. The van der Waals surface area contributed by atoms with E-state index >= 15 is 0 Å². The maximum atomic E-state index is 13.4. The number of phenolic OH excluding ortho intramolecular Hbond substituents is 1. The van der Waals surface area contributed by atoms with E-state index in [-0.39, 0.29) is 28.8 Å². The molecule has 0 unspecified atom stereocenters. The molecule has 1 aliphatic heterocycles. The van der Waals surface area contributed by atoms with E-state index in [4.69, 9.17) is 0 Å². The van der Waals surface area contributed by atoms with Crippen LogP contribution in [0.2, 0.25) is 0 Å². The number of benzene rings is 1. The van der Waals surface area contributed by atoms with Gasteiger partial charge in [0.2, 0.25) is 0 Å². The highest BCUT2D eigenvalue weighted by atomic mass is 19.1. The highest BCUT2D eigenvalue weighted by Crippen LogP contribution is 2.48. The summed E-state index contributed by atoms with van der Waals surface area (Å²) in [4.78, 5) is 26.6. The maximum Gasteiger partial charge on any atom is 0.255 e. The number of hydrogen-bond acceptors (Lipinski definition) is 5. The van der Waals surface area contributed by atoms with Gasteiger partial charge in [-0.05, 0) is 48.9 Å². The largest absolute Gasteiger partial charge is 0.505 e. The van der Waals surface area contributed by atoms with Crippen LogP contribution in [0.3, 0.4) is 0 Å². The number of halogens is 1. The molecule has 2 aliphatic rings. The molecule has 7 nitrogen and oxygen atoms in total. The first-order chi connectivity index (χ1) is 13.0. The molecule has 1 saturated heterocycles. The van der Waals surface area contributed by atoms with Crippen molar-refractivity contribution >= 4 is 11.8 Å². The standard InChI is InChI=1S/C19H19FN4O3/c20-15-7-12(1-2-16(15)25)17(26)23-14-8-19(9-14)4-6-24(11-19)18(27)13-3-5-21-22-10-13/h1-3,5,7,10,14,25H,4,6,8-9,11H2,(H,23,26). The van der Waals surface area contributed by atoms with E-state index in [0.717, 1.165) is 25.3 Å². The molecule has 1 saturated carbocycles. The molecule has 1 spiro atoms. The molecule has 2 heterocycles. The Labute approximate surface area is 155 Å². The normalized spacial score (nSPS) is 23.9. The van der Waals surface area contributed by atoms with Crippen LogP contribution in [0.15, 0.2) is 36.7 Å². The van der Waals surface area contributed by atoms with Crippen LogP contribution in [-0.4, -0.2) is 51.1 Å². The molecule has 4 rings (SSSR count). The number of hydrogen-bond donors (Lipinski definition) is 2. The zero-order valence-corrected chi connectivity index (χ0v) is 14.6. The third-order valence-corrected chi connectivity index (χ3v) is 5.46. The third kappa shape index (κ3) is 3.34. The van der Waals surface area contributed by atoms with Gasteiger partial charge < -0.3 is 15.3 Å². The van der Waals surface area contributed by atoms with Crippen LogP contribution in [0.1, 0.15) is 40.0 Å². The van der Waals surface area contributed by atoms with Gasteiger partial charge in [-0.1, -0.05) is 0 Å². The quantitative estimate of drug-likeness (QED) is 0.858. The predicted octanol–water partition coefficient (Wildman–Crippen LogP) is 1.75. The van der Waals surface area contributed by atoms with Crippen LogP contribution in [0, 0.1) is 11.2 Å². The molecule has 0 radical (unpaired) electrons. The monoisotopic (exact) mass is 370 g/mol. The molecular weight excluding hydrogens is 351 g/mol. The van der Waals surface area contributed by atoms with Crippen molar-refractivity contribution in [1.82, 2.24) is 20.4 Å². The molecule has 1 aromatic heterocycles. The molecule has 0 bridgehead atoms. The number of aromatic hydroxyl groups is 1. The lowest BCUT2D eigenvalue weighted by molar-refractivity contribution is 0.0609. The first-order valence-electron chi connectivity index (χ1n) is 8.81. The lowest BCUT2D eigenvalue weighted by Gasteiger charge is -2.45. The molecule has 140 valence electrons. The lowest BCUT2D eigenvalue weighted by Crippen LogP contribution is -2.52. The second kappa shape index (κ2) is 6.61. The Bertz CT molecular complexity index is 884. The van der Waals surface area contributed by atoms with Gasteiger partial charge in [-0.15, -0.1) is 0 Å². The van der Waals surface area contributed by atoms with Crippen molar-refractivity contribution < 1.29 is 19.1 Å². The molecule has 0 atom stereocenters. The second-order valence-electron chi connectivity index (χ2n) is 7.35. The molecule has 27 heavy (non-hydrogen) atoms. The predicted molar refractivity (Wildman–Crippen MR) is 93.5 cm³/mol. The van der Waals surface area contributed by atoms with Gasteiger partial charge in [-0.25, -0.2) is 4.39 Å². The number of carbonyl (C=O) groups excluding carboxylic acids is 2. The summed E-state index contributed by atoms with van der Waals surface area (Å²) in [7, 11) is 0. The Morgan fingerprint density at radius 2 is 2.04 bits per heavy atom. The second-order valence-corrected chi connectivity index (χ2v) is 7.35. The summed E-state index contributed by atoms with van der Waals surface area (Å²) in [6.07, 6.45) is 5.45. The average molecular weight is 370 g/mol. The highest BCUT2D eigenvalue weighted by molar-refractivity contribution is 5.95. The number of carbonyl (C=O) groups is 2. The number of rotatable bonds is 3. The number of nitrogens with one attached hydrogen (secondary N) is 1. The molecule has 2 N–H and O–H groups in total. The Kier molecular flexibility index (Phi) is 4.25. The van der Waals surface area contributed by atoms with Crippen molar-refractivity contribution in [2.75, 3.05) is 13.1 Å². The summed E-state index contributed by atoms with van der Waals surface area (Å²) in [6.45, 7) is 1.35. The lowest BCUT2D eigenvalue weighted by atomic mass is 9.65. The van der Waals surface area contributed by atoms with Crippen LogP contribution < -0.4 is 5.32 Å². The van der Waals surface area contributed by atoms with Crippen molar-refractivity contribution in [2.45, 2.75) is 25.3 Å². The molecule has 2 fully saturated rings. The smallest absolute Gasteiger partial charge is 0.255 e. The molecule has 2 amide bonds. The van der Waals surface area contributed by atoms with Gasteiger partial charge >= 0.3 is 0 Å². The zero-order chi connectivity index (χ0) is 19.0. The molecular formula is C19H19FN4O3. The molecule has 2 aromatic rings. The fourth-order valence-corrected chi connectivity index (χ4v) is 4.05. The topological polar surface area (TPSA) is 95.4 Å². The van der Waals surface area contributed by atoms with Crippen LogP contribution >= 0.6 is 0 Å².